The Morgan fingerprint density at radius 1 is 1.10 bits per heavy atom. The lowest BCUT2D eigenvalue weighted by molar-refractivity contribution is 0.0725. The van der Waals surface area contributed by atoms with E-state index in [2.05, 4.69) is 42.2 Å². The molecule has 0 spiro atoms. The Hall–Kier alpha value is -0.860. The summed E-state index contributed by atoms with van der Waals surface area (Å²) in [4.78, 5) is 2.69. The van der Waals surface area contributed by atoms with Gasteiger partial charge in [-0.25, -0.2) is 0 Å². The van der Waals surface area contributed by atoms with Gasteiger partial charge in [-0.05, 0) is 36.8 Å². The summed E-state index contributed by atoms with van der Waals surface area (Å²) >= 11 is 0. The van der Waals surface area contributed by atoms with Crippen LogP contribution in [0.2, 0.25) is 0 Å². The number of likely N-dealkylation sites (tertiary alicyclic amines) is 1. The van der Waals surface area contributed by atoms with E-state index in [9.17, 15) is 0 Å². The molecule has 116 valence electrons. The number of hydrogen-bond acceptors (Lipinski definition) is 2. The second-order valence-electron chi connectivity index (χ2n) is 7.46. The molecule has 1 saturated carbocycles. The molecule has 2 fully saturated rings. The molecule has 0 amide bonds. The lowest BCUT2D eigenvalue weighted by Gasteiger charge is -2.44. The topological polar surface area (TPSA) is 29.3 Å². The van der Waals surface area contributed by atoms with E-state index in [1.54, 1.807) is 0 Å². The Kier molecular flexibility index (Phi) is 4.66. The number of nitrogens with zero attached hydrogens (tertiary/aromatic N) is 1. The normalized spacial score (nSPS) is 29.6. The fourth-order valence-corrected chi connectivity index (χ4v) is 4.43. The third kappa shape index (κ3) is 3.32. The zero-order valence-electron chi connectivity index (χ0n) is 13.4. The van der Waals surface area contributed by atoms with Gasteiger partial charge in [0, 0.05) is 25.0 Å². The van der Waals surface area contributed by atoms with Gasteiger partial charge in [0.2, 0.25) is 0 Å². The molecule has 1 aromatic carbocycles. The average Bonchev–Trinajstić information content (AvgIpc) is 2.55. The van der Waals surface area contributed by atoms with Gasteiger partial charge in [0.25, 0.3) is 0 Å². The van der Waals surface area contributed by atoms with Gasteiger partial charge < -0.3 is 10.6 Å². The summed E-state index contributed by atoms with van der Waals surface area (Å²) in [5.41, 5.74) is 7.63. The molecule has 0 radical (unpaired) electrons. The molecule has 0 bridgehead atoms. The van der Waals surface area contributed by atoms with Crippen LogP contribution in [0.3, 0.4) is 0 Å². The fourth-order valence-electron chi connectivity index (χ4n) is 4.43. The minimum atomic E-state index is 0.0861. The van der Waals surface area contributed by atoms with Gasteiger partial charge in [-0.3, -0.25) is 0 Å². The smallest absolute Gasteiger partial charge is 0.0174 e. The van der Waals surface area contributed by atoms with Crippen LogP contribution in [0, 0.1) is 11.8 Å². The standard InChI is InChI=1S/C19H30N2/c1-19(14-20,18-9-3-2-4-10-18)15-21-12-11-16-7-5-6-8-17(16)13-21/h2-4,9-10,16-17H,5-8,11-15,20H2,1H3. The van der Waals surface area contributed by atoms with E-state index in [1.165, 1.54) is 50.8 Å². The van der Waals surface area contributed by atoms with Crippen LogP contribution in [0.1, 0.15) is 44.6 Å². The van der Waals surface area contributed by atoms with Crippen LogP contribution in [0.4, 0.5) is 0 Å². The van der Waals surface area contributed by atoms with Crippen molar-refractivity contribution in [2.24, 2.45) is 17.6 Å². The van der Waals surface area contributed by atoms with Crippen LogP contribution >= 0.6 is 0 Å². The van der Waals surface area contributed by atoms with E-state index in [1.807, 2.05) is 0 Å². The van der Waals surface area contributed by atoms with Crippen molar-refractivity contribution >= 4 is 0 Å². The van der Waals surface area contributed by atoms with E-state index in [-0.39, 0.29) is 5.41 Å². The molecule has 1 aliphatic heterocycles. The number of hydrogen-bond donors (Lipinski definition) is 1. The SMILES string of the molecule is CC(CN)(CN1CCC2CCCCC2C1)c1ccccc1. The van der Waals surface area contributed by atoms with E-state index < -0.39 is 0 Å². The highest BCUT2D eigenvalue weighted by Gasteiger charge is 2.34. The molecule has 3 unspecified atom stereocenters. The van der Waals surface area contributed by atoms with Gasteiger partial charge in [0.05, 0.1) is 0 Å². The maximum Gasteiger partial charge on any atom is 0.0174 e. The highest BCUT2D eigenvalue weighted by atomic mass is 15.1. The number of fused-ring (bicyclic) bond motifs is 1. The van der Waals surface area contributed by atoms with E-state index >= 15 is 0 Å². The quantitative estimate of drug-likeness (QED) is 0.919. The van der Waals surface area contributed by atoms with Crippen molar-refractivity contribution in [3.05, 3.63) is 35.9 Å². The third-order valence-corrected chi connectivity index (χ3v) is 5.87. The Morgan fingerprint density at radius 2 is 1.81 bits per heavy atom. The molecule has 21 heavy (non-hydrogen) atoms. The summed E-state index contributed by atoms with van der Waals surface area (Å²) in [5, 5.41) is 0. The second-order valence-corrected chi connectivity index (χ2v) is 7.46. The van der Waals surface area contributed by atoms with Gasteiger partial charge in [0.1, 0.15) is 0 Å². The first-order valence-electron chi connectivity index (χ1n) is 8.69. The summed E-state index contributed by atoms with van der Waals surface area (Å²) in [6.45, 7) is 6.73. The van der Waals surface area contributed by atoms with Crippen molar-refractivity contribution in [2.45, 2.75) is 44.4 Å². The van der Waals surface area contributed by atoms with Crippen molar-refractivity contribution in [3.8, 4) is 0 Å². The minimum Gasteiger partial charge on any atom is -0.330 e. The molecule has 2 N–H and O–H groups in total. The summed E-state index contributed by atoms with van der Waals surface area (Å²) in [5.74, 6) is 1.96. The summed E-state index contributed by atoms with van der Waals surface area (Å²) < 4.78 is 0. The molecule has 3 atom stereocenters. The van der Waals surface area contributed by atoms with Crippen molar-refractivity contribution < 1.29 is 0 Å². The van der Waals surface area contributed by atoms with Crippen LogP contribution < -0.4 is 5.73 Å². The zero-order valence-corrected chi connectivity index (χ0v) is 13.4. The lowest BCUT2D eigenvalue weighted by Crippen LogP contribution is -2.49. The number of piperidine rings is 1. The summed E-state index contributed by atoms with van der Waals surface area (Å²) in [7, 11) is 0. The maximum atomic E-state index is 6.16. The van der Waals surface area contributed by atoms with Gasteiger partial charge in [-0.2, -0.15) is 0 Å². The molecular weight excluding hydrogens is 256 g/mol. The predicted octanol–water partition coefficient (Wildman–Crippen LogP) is 3.42. The summed E-state index contributed by atoms with van der Waals surface area (Å²) in [6, 6.07) is 10.8. The van der Waals surface area contributed by atoms with Crippen molar-refractivity contribution in [2.75, 3.05) is 26.2 Å². The van der Waals surface area contributed by atoms with Crippen molar-refractivity contribution in [1.29, 1.82) is 0 Å². The lowest BCUT2D eigenvalue weighted by atomic mass is 9.74. The molecule has 2 heteroatoms. The van der Waals surface area contributed by atoms with Crippen molar-refractivity contribution in [1.82, 2.24) is 4.90 Å². The highest BCUT2D eigenvalue weighted by Crippen LogP contribution is 2.37. The van der Waals surface area contributed by atoms with Gasteiger partial charge in [0.15, 0.2) is 0 Å². The fraction of sp³-hybridized carbons (Fsp3) is 0.684. The van der Waals surface area contributed by atoms with Gasteiger partial charge in [-0.15, -0.1) is 0 Å². The first kappa shape index (κ1) is 15.1. The Bertz CT molecular complexity index is 444. The monoisotopic (exact) mass is 286 g/mol. The van der Waals surface area contributed by atoms with Crippen LogP contribution in [0.5, 0.6) is 0 Å². The number of rotatable bonds is 4. The van der Waals surface area contributed by atoms with Crippen LogP contribution in [-0.4, -0.2) is 31.1 Å². The van der Waals surface area contributed by atoms with Crippen LogP contribution in [0.25, 0.3) is 0 Å². The second kappa shape index (κ2) is 6.50. The molecule has 1 heterocycles. The molecule has 1 saturated heterocycles. The van der Waals surface area contributed by atoms with E-state index in [0.29, 0.717) is 0 Å². The first-order valence-corrected chi connectivity index (χ1v) is 8.69. The zero-order chi connectivity index (χ0) is 14.7. The molecule has 3 rings (SSSR count). The Labute approximate surface area is 129 Å². The minimum absolute atomic E-state index is 0.0861. The highest BCUT2D eigenvalue weighted by molar-refractivity contribution is 5.25. The largest absolute Gasteiger partial charge is 0.330 e. The van der Waals surface area contributed by atoms with Crippen LogP contribution in [-0.2, 0) is 5.41 Å². The number of benzene rings is 1. The first-order chi connectivity index (χ1) is 10.2. The molecule has 1 aromatic rings. The van der Waals surface area contributed by atoms with Gasteiger partial charge >= 0.3 is 0 Å². The molecular formula is C19H30N2. The predicted molar refractivity (Wildman–Crippen MR) is 89.4 cm³/mol. The Balaban J connectivity index is 1.67. The molecule has 2 aliphatic rings. The molecule has 2 nitrogen and oxygen atoms in total. The molecule has 0 aromatic heterocycles. The van der Waals surface area contributed by atoms with Gasteiger partial charge in [-0.1, -0.05) is 56.5 Å². The summed E-state index contributed by atoms with van der Waals surface area (Å²) in [6.07, 6.45) is 7.24. The van der Waals surface area contributed by atoms with Crippen molar-refractivity contribution in [3.63, 3.8) is 0 Å². The van der Waals surface area contributed by atoms with Crippen LogP contribution in [0.15, 0.2) is 30.3 Å². The maximum absolute atomic E-state index is 6.16. The molecule has 1 aliphatic carbocycles. The Morgan fingerprint density at radius 3 is 2.52 bits per heavy atom. The third-order valence-electron chi connectivity index (χ3n) is 5.87. The van der Waals surface area contributed by atoms with E-state index in [0.717, 1.165) is 24.9 Å². The average molecular weight is 286 g/mol. The van der Waals surface area contributed by atoms with E-state index in [4.69, 9.17) is 5.73 Å². The number of nitrogens with two attached hydrogens (primary N) is 1.